The minimum Gasteiger partial charge on any atom is -0.469 e. The smallest absolute Gasteiger partial charge is 0.305 e. The number of hydrogen-bond acceptors (Lipinski definition) is 5. The number of nitrogens with one attached hydrogen (secondary N) is 1. The van der Waals surface area contributed by atoms with Crippen LogP contribution in [-0.2, 0) is 19.1 Å². The largest absolute Gasteiger partial charge is 0.469 e. The molecule has 0 spiro atoms. The summed E-state index contributed by atoms with van der Waals surface area (Å²) in [5.41, 5.74) is 0. The van der Waals surface area contributed by atoms with E-state index in [0.717, 1.165) is 0 Å². The molecule has 0 heterocycles. The van der Waals surface area contributed by atoms with Gasteiger partial charge in [-0.05, 0) is 25.2 Å². The quantitative estimate of drug-likeness (QED) is 0.366. The standard InChI is InChI=1S/C14H24NO4S/c1-10(2)8-11(9-16)15-14(18)12(20)6-4-5-7-13(17)19-3/h10-12,20H,4-8H2,1-3H3,(H,15,18)/t11-,12?/m0/s1. The van der Waals surface area contributed by atoms with Gasteiger partial charge < -0.3 is 10.1 Å². The van der Waals surface area contributed by atoms with Crippen LogP contribution in [0.2, 0.25) is 0 Å². The van der Waals surface area contributed by atoms with Crippen LogP contribution in [0.25, 0.3) is 0 Å². The van der Waals surface area contributed by atoms with Crippen LogP contribution in [0.4, 0.5) is 0 Å². The molecule has 1 amide bonds. The third-order valence-electron chi connectivity index (χ3n) is 2.80. The molecule has 0 aromatic carbocycles. The maximum atomic E-state index is 11.8. The fraction of sp³-hybridized carbons (Fsp3) is 0.786. The van der Waals surface area contributed by atoms with E-state index < -0.39 is 11.3 Å². The Balaban J connectivity index is 3.96. The Morgan fingerprint density at radius 1 is 1.30 bits per heavy atom. The molecule has 0 aliphatic rings. The number of hydrogen-bond donors (Lipinski definition) is 2. The molecule has 1 unspecified atom stereocenters. The van der Waals surface area contributed by atoms with Gasteiger partial charge in [0.05, 0.1) is 18.4 Å². The molecule has 0 saturated carbocycles. The molecule has 2 atom stereocenters. The van der Waals surface area contributed by atoms with Crippen molar-refractivity contribution in [2.75, 3.05) is 7.11 Å². The summed E-state index contributed by atoms with van der Waals surface area (Å²) < 4.78 is 4.53. The highest BCUT2D eigenvalue weighted by Gasteiger charge is 2.19. The number of ether oxygens (including phenoxy) is 1. The highest BCUT2D eigenvalue weighted by molar-refractivity contribution is 7.81. The molecule has 0 bridgehead atoms. The van der Waals surface area contributed by atoms with Crippen LogP contribution in [0, 0.1) is 5.92 Å². The zero-order valence-electron chi connectivity index (χ0n) is 12.3. The molecule has 0 aliphatic carbocycles. The Morgan fingerprint density at radius 3 is 2.45 bits per heavy atom. The van der Waals surface area contributed by atoms with E-state index in [2.05, 4.69) is 22.7 Å². The molecule has 1 N–H and O–H groups in total. The second-order valence-corrected chi connectivity index (χ2v) is 5.77. The van der Waals surface area contributed by atoms with Crippen LogP contribution < -0.4 is 5.32 Å². The van der Waals surface area contributed by atoms with E-state index in [4.69, 9.17) is 0 Å². The Hall–Kier alpha value is -1.04. The van der Waals surface area contributed by atoms with Crippen LogP contribution in [-0.4, -0.2) is 36.6 Å². The maximum absolute atomic E-state index is 11.8. The molecule has 0 aliphatic heterocycles. The van der Waals surface area contributed by atoms with Gasteiger partial charge in [0.15, 0.2) is 0 Å². The zero-order chi connectivity index (χ0) is 15.5. The topological polar surface area (TPSA) is 72.5 Å². The van der Waals surface area contributed by atoms with Gasteiger partial charge in [0, 0.05) is 6.42 Å². The summed E-state index contributed by atoms with van der Waals surface area (Å²) in [6.07, 6.45) is 4.66. The van der Waals surface area contributed by atoms with Crippen molar-refractivity contribution in [1.29, 1.82) is 0 Å². The highest BCUT2D eigenvalue weighted by Crippen LogP contribution is 2.11. The first-order valence-corrected chi connectivity index (χ1v) is 7.35. The SMILES string of the molecule is COC(=O)CCCCC(S)C(=O)N[C@H]([C]=O)CC(C)C. The van der Waals surface area contributed by atoms with Crippen LogP contribution in [0.15, 0.2) is 0 Å². The molecule has 0 aromatic heterocycles. The molecule has 5 nitrogen and oxygen atoms in total. The number of amides is 1. The monoisotopic (exact) mass is 302 g/mol. The number of rotatable bonds is 10. The van der Waals surface area contributed by atoms with Gasteiger partial charge in [0.25, 0.3) is 0 Å². The molecular formula is C14H24NO4S. The van der Waals surface area contributed by atoms with Crippen molar-refractivity contribution in [2.45, 2.75) is 57.2 Å². The van der Waals surface area contributed by atoms with Gasteiger partial charge in [-0.2, -0.15) is 12.6 Å². The number of esters is 1. The van der Waals surface area contributed by atoms with E-state index in [9.17, 15) is 14.4 Å². The molecule has 0 aromatic rings. The normalized spacial score (nSPS) is 13.7. The van der Waals surface area contributed by atoms with Crippen LogP contribution in [0.3, 0.4) is 0 Å². The lowest BCUT2D eigenvalue weighted by molar-refractivity contribution is -0.140. The Labute approximate surface area is 126 Å². The lowest BCUT2D eigenvalue weighted by atomic mass is 10.0. The minimum atomic E-state index is -0.577. The Morgan fingerprint density at radius 2 is 1.95 bits per heavy atom. The van der Waals surface area contributed by atoms with E-state index in [1.807, 2.05) is 20.1 Å². The van der Waals surface area contributed by atoms with E-state index in [0.29, 0.717) is 38.0 Å². The fourth-order valence-electron chi connectivity index (χ4n) is 1.72. The average molecular weight is 302 g/mol. The molecule has 1 radical (unpaired) electrons. The van der Waals surface area contributed by atoms with Gasteiger partial charge in [-0.25, -0.2) is 0 Å². The summed E-state index contributed by atoms with van der Waals surface area (Å²) in [6.45, 7) is 3.95. The maximum Gasteiger partial charge on any atom is 0.305 e. The number of carbonyl (C=O) groups excluding carboxylic acids is 3. The molecule has 20 heavy (non-hydrogen) atoms. The van der Waals surface area contributed by atoms with Crippen molar-refractivity contribution in [2.24, 2.45) is 5.92 Å². The van der Waals surface area contributed by atoms with E-state index in [-0.39, 0.29) is 11.9 Å². The average Bonchev–Trinajstić information content (AvgIpc) is 2.41. The Kier molecular flexibility index (Phi) is 10.2. The van der Waals surface area contributed by atoms with Crippen molar-refractivity contribution in [3.05, 3.63) is 0 Å². The van der Waals surface area contributed by atoms with Gasteiger partial charge in [0.1, 0.15) is 0 Å². The molecule has 115 valence electrons. The van der Waals surface area contributed by atoms with Gasteiger partial charge in [-0.3, -0.25) is 14.4 Å². The third kappa shape index (κ3) is 8.96. The van der Waals surface area contributed by atoms with Crippen molar-refractivity contribution < 1.29 is 19.1 Å². The number of unbranched alkanes of at least 4 members (excludes halogenated alkanes) is 1. The predicted molar refractivity (Wildman–Crippen MR) is 80.3 cm³/mol. The highest BCUT2D eigenvalue weighted by atomic mass is 32.1. The van der Waals surface area contributed by atoms with E-state index in [1.54, 1.807) is 0 Å². The summed E-state index contributed by atoms with van der Waals surface area (Å²) in [4.78, 5) is 33.5. The molecule has 6 heteroatoms. The predicted octanol–water partition coefficient (Wildman–Crippen LogP) is 1.66. The molecule has 0 saturated heterocycles. The lowest BCUT2D eigenvalue weighted by Gasteiger charge is -2.17. The van der Waals surface area contributed by atoms with Gasteiger partial charge in [0.2, 0.25) is 12.2 Å². The summed E-state index contributed by atoms with van der Waals surface area (Å²) in [6, 6.07) is -0.577. The second kappa shape index (κ2) is 10.7. The number of methoxy groups -OCH3 is 1. The summed E-state index contributed by atoms with van der Waals surface area (Å²) in [7, 11) is 1.35. The Bertz CT molecular complexity index is 320. The summed E-state index contributed by atoms with van der Waals surface area (Å²) >= 11 is 4.22. The van der Waals surface area contributed by atoms with Gasteiger partial charge >= 0.3 is 5.97 Å². The second-order valence-electron chi connectivity index (χ2n) is 5.15. The first-order valence-electron chi connectivity index (χ1n) is 6.83. The zero-order valence-corrected chi connectivity index (χ0v) is 13.2. The minimum absolute atomic E-state index is 0.252. The number of thiol groups is 1. The van der Waals surface area contributed by atoms with Gasteiger partial charge in [-0.15, -0.1) is 0 Å². The third-order valence-corrected chi connectivity index (χ3v) is 3.30. The van der Waals surface area contributed by atoms with Crippen LogP contribution in [0.5, 0.6) is 0 Å². The van der Waals surface area contributed by atoms with Crippen molar-refractivity contribution in [3.63, 3.8) is 0 Å². The lowest BCUT2D eigenvalue weighted by Crippen LogP contribution is -2.41. The van der Waals surface area contributed by atoms with E-state index in [1.165, 1.54) is 7.11 Å². The van der Waals surface area contributed by atoms with Crippen molar-refractivity contribution in [3.8, 4) is 0 Å². The fourth-order valence-corrected chi connectivity index (χ4v) is 1.97. The summed E-state index contributed by atoms with van der Waals surface area (Å²) in [5, 5.41) is 2.15. The van der Waals surface area contributed by atoms with Crippen LogP contribution in [0.1, 0.15) is 46.0 Å². The molecular weight excluding hydrogens is 278 g/mol. The van der Waals surface area contributed by atoms with Crippen molar-refractivity contribution in [1.82, 2.24) is 5.32 Å². The first-order chi connectivity index (χ1) is 9.40. The first kappa shape index (κ1) is 19.0. The van der Waals surface area contributed by atoms with E-state index >= 15 is 0 Å². The molecule has 0 fully saturated rings. The summed E-state index contributed by atoms with van der Waals surface area (Å²) in [5.74, 6) is -0.210. The van der Waals surface area contributed by atoms with Crippen LogP contribution >= 0.6 is 12.6 Å². The van der Waals surface area contributed by atoms with Gasteiger partial charge in [-0.1, -0.05) is 20.3 Å². The van der Waals surface area contributed by atoms with Crippen molar-refractivity contribution >= 4 is 30.8 Å². The molecule has 0 rings (SSSR count). The number of carbonyl (C=O) groups is 2.